The van der Waals surface area contributed by atoms with E-state index < -0.39 is 16.7 Å². The van der Waals surface area contributed by atoms with Gasteiger partial charge in [-0.1, -0.05) is 0 Å². The highest BCUT2D eigenvalue weighted by molar-refractivity contribution is 5.97. The van der Waals surface area contributed by atoms with Gasteiger partial charge in [-0.2, -0.15) is 5.10 Å². The SMILES string of the molecule is O=C(CNC(=O)c1ccc2c(c1)OCO2)N/N=C/c1ccc([N+](=O)[O-])cc1. The topological polar surface area (TPSA) is 132 Å². The maximum atomic E-state index is 12.1. The number of hydrazone groups is 1. The largest absolute Gasteiger partial charge is 0.454 e. The zero-order chi connectivity index (χ0) is 19.2. The van der Waals surface area contributed by atoms with Crippen molar-refractivity contribution in [3.63, 3.8) is 0 Å². The quantitative estimate of drug-likeness (QED) is 0.446. The van der Waals surface area contributed by atoms with Crippen molar-refractivity contribution < 1.29 is 24.0 Å². The van der Waals surface area contributed by atoms with E-state index in [0.717, 1.165) is 0 Å². The highest BCUT2D eigenvalue weighted by Crippen LogP contribution is 2.32. The monoisotopic (exact) mass is 370 g/mol. The van der Waals surface area contributed by atoms with Gasteiger partial charge in [-0.3, -0.25) is 19.7 Å². The molecule has 0 fully saturated rings. The average Bonchev–Trinajstić information content (AvgIpc) is 3.14. The molecule has 1 aliphatic rings. The molecule has 27 heavy (non-hydrogen) atoms. The first-order valence-electron chi connectivity index (χ1n) is 7.77. The van der Waals surface area contributed by atoms with E-state index in [1.54, 1.807) is 12.1 Å². The summed E-state index contributed by atoms with van der Waals surface area (Å²) in [4.78, 5) is 33.8. The minimum atomic E-state index is -0.526. The van der Waals surface area contributed by atoms with Gasteiger partial charge in [-0.05, 0) is 35.9 Å². The van der Waals surface area contributed by atoms with Crippen molar-refractivity contribution in [3.05, 3.63) is 63.7 Å². The summed E-state index contributed by atoms with van der Waals surface area (Å²) in [5.74, 6) is 0.0646. The fourth-order valence-corrected chi connectivity index (χ4v) is 2.20. The molecular weight excluding hydrogens is 356 g/mol. The van der Waals surface area contributed by atoms with Gasteiger partial charge in [-0.25, -0.2) is 5.43 Å². The number of fused-ring (bicyclic) bond motifs is 1. The lowest BCUT2D eigenvalue weighted by Gasteiger charge is -2.05. The van der Waals surface area contributed by atoms with Crippen LogP contribution in [0.3, 0.4) is 0 Å². The molecule has 0 aromatic heterocycles. The molecule has 10 nitrogen and oxygen atoms in total. The highest BCUT2D eigenvalue weighted by atomic mass is 16.7. The van der Waals surface area contributed by atoms with Crippen LogP contribution in [0.5, 0.6) is 11.5 Å². The van der Waals surface area contributed by atoms with E-state index in [-0.39, 0.29) is 19.0 Å². The lowest BCUT2D eigenvalue weighted by atomic mass is 10.2. The zero-order valence-electron chi connectivity index (χ0n) is 13.9. The van der Waals surface area contributed by atoms with Crippen LogP contribution in [0.15, 0.2) is 47.6 Å². The molecule has 10 heteroatoms. The van der Waals surface area contributed by atoms with Crippen LogP contribution in [-0.2, 0) is 4.79 Å². The number of nitrogens with one attached hydrogen (secondary N) is 2. The Hall–Kier alpha value is -3.95. The molecule has 2 aromatic carbocycles. The molecule has 0 saturated carbocycles. The summed E-state index contributed by atoms with van der Waals surface area (Å²) in [6.45, 7) is -0.166. The second-order valence-corrected chi connectivity index (χ2v) is 5.39. The van der Waals surface area contributed by atoms with Gasteiger partial charge in [0, 0.05) is 17.7 Å². The van der Waals surface area contributed by atoms with Crippen LogP contribution in [0.25, 0.3) is 0 Å². The standard InChI is InChI=1S/C17H14N4O6/c22-16(20-19-8-11-1-4-13(5-2-11)21(24)25)9-18-17(23)12-3-6-14-15(7-12)27-10-26-14/h1-8H,9-10H2,(H,18,23)(H,20,22)/b19-8+. The molecule has 0 aliphatic carbocycles. The lowest BCUT2D eigenvalue weighted by Crippen LogP contribution is -2.34. The predicted octanol–water partition coefficient (Wildman–Crippen LogP) is 1.20. The maximum Gasteiger partial charge on any atom is 0.269 e. The molecule has 1 heterocycles. The Labute approximate surface area is 152 Å². The van der Waals surface area contributed by atoms with Gasteiger partial charge < -0.3 is 14.8 Å². The maximum absolute atomic E-state index is 12.1. The number of carbonyl (C=O) groups is 2. The third kappa shape index (κ3) is 4.57. The molecule has 2 amide bonds. The van der Waals surface area contributed by atoms with Crippen LogP contribution >= 0.6 is 0 Å². The average molecular weight is 370 g/mol. The van der Waals surface area contributed by atoms with Gasteiger partial charge >= 0.3 is 0 Å². The van der Waals surface area contributed by atoms with E-state index in [1.807, 2.05) is 0 Å². The van der Waals surface area contributed by atoms with Crippen LogP contribution in [-0.4, -0.2) is 36.3 Å². The molecule has 0 atom stereocenters. The van der Waals surface area contributed by atoms with E-state index >= 15 is 0 Å². The van der Waals surface area contributed by atoms with Gasteiger partial charge in [-0.15, -0.1) is 0 Å². The van der Waals surface area contributed by atoms with E-state index in [2.05, 4.69) is 15.8 Å². The third-order valence-electron chi connectivity index (χ3n) is 3.55. The van der Waals surface area contributed by atoms with Crippen molar-refractivity contribution in [1.29, 1.82) is 0 Å². The number of hydrogen-bond donors (Lipinski definition) is 2. The molecule has 2 N–H and O–H groups in total. The van der Waals surface area contributed by atoms with Crippen LogP contribution in [0.4, 0.5) is 5.69 Å². The van der Waals surface area contributed by atoms with Crippen LogP contribution < -0.4 is 20.2 Å². The summed E-state index contributed by atoms with van der Waals surface area (Å²) in [5.41, 5.74) is 3.12. The van der Waals surface area contributed by atoms with E-state index in [9.17, 15) is 19.7 Å². The second-order valence-electron chi connectivity index (χ2n) is 5.39. The summed E-state index contributed by atoms with van der Waals surface area (Å²) in [5, 5.41) is 16.8. The molecule has 1 aliphatic heterocycles. The Kier molecular flexibility index (Phi) is 5.26. The first kappa shape index (κ1) is 17.9. The lowest BCUT2D eigenvalue weighted by molar-refractivity contribution is -0.384. The molecule has 0 saturated heterocycles. The summed E-state index contributed by atoms with van der Waals surface area (Å²) >= 11 is 0. The Morgan fingerprint density at radius 1 is 1.15 bits per heavy atom. The van der Waals surface area contributed by atoms with Crippen LogP contribution in [0.2, 0.25) is 0 Å². The fraction of sp³-hybridized carbons (Fsp3) is 0.118. The first-order valence-corrected chi connectivity index (χ1v) is 7.77. The molecule has 0 unspecified atom stereocenters. The Bertz CT molecular complexity index is 910. The number of ether oxygens (including phenoxy) is 2. The van der Waals surface area contributed by atoms with Gasteiger partial charge in [0.1, 0.15) is 0 Å². The summed E-state index contributed by atoms with van der Waals surface area (Å²) < 4.78 is 10.4. The number of nitro benzene ring substituents is 1. The van der Waals surface area contributed by atoms with Crippen molar-refractivity contribution in [3.8, 4) is 11.5 Å². The van der Waals surface area contributed by atoms with Gasteiger partial charge in [0.05, 0.1) is 17.7 Å². The molecule has 2 aromatic rings. The number of nitro groups is 1. The molecule has 0 radical (unpaired) electrons. The van der Waals surface area contributed by atoms with E-state index in [4.69, 9.17) is 9.47 Å². The minimum Gasteiger partial charge on any atom is -0.454 e. The smallest absolute Gasteiger partial charge is 0.269 e. The number of rotatable bonds is 6. The van der Waals surface area contributed by atoms with Crippen molar-refractivity contribution >= 4 is 23.7 Å². The zero-order valence-corrected chi connectivity index (χ0v) is 13.9. The van der Waals surface area contributed by atoms with E-state index in [0.29, 0.717) is 22.6 Å². The van der Waals surface area contributed by atoms with Crippen molar-refractivity contribution in [2.24, 2.45) is 5.10 Å². The summed E-state index contributed by atoms with van der Waals surface area (Å²) in [7, 11) is 0. The van der Waals surface area contributed by atoms with Crippen molar-refractivity contribution in [2.75, 3.05) is 13.3 Å². The number of amides is 2. The molecule has 0 bridgehead atoms. The Balaban J connectivity index is 1.46. The summed E-state index contributed by atoms with van der Waals surface area (Å²) in [6.07, 6.45) is 1.33. The molecular formula is C17H14N4O6. The van der Waals surface area contributed by atoms with Crippen molar-refractivity contribution in [1.82, 2.24) is 10.7 Å². The molecule has 3 rings (SSSR count). The Morgan fingerprint density at radius 3 is 2.63 bits per heavy atom. The first-order chi connectivity index (χ1) is 13.0. The van der Waals surface area contributed by atoms with Gasteiger partial charge in [0.15, 0.2) is 11.5 Å². The third-order valence-corrected chi connectivity index (χ3v) is 3.55. The number of nitrogens with zero attached hydrogens (tertiary/aromatic N) is 2. The highest BCUT2D eigenvalue weighted by Gasteiger charge is 2.16. The number of non-ortho nitro benzene ring substituents is 1. The van der Waals surface area contributed by atoms with Gasteiger partial charge in [0.2, 0.25) is 6.79 Å². The van der Waals surface area contributed by atoms with E-state index in [1.165, 1.54) is 36.5 Å². The predicted molar refractivity (Wildman–Crippen MR) is 93.7 cm³/mol. The number of benzene rings is 2. The van der Waals surface area contributed by atoms with Crippen molar-refractivity contribution in [2.45, 2.75) is 0 Å². The van der Waals surface area contributed by atoms with Crippen LogP contribution in [0, 0.1) is 10.1 Å². The number of carbonyl (C=O) groups excluding carboxylic acids is 2. The minimum absolute atomic E-state index is 0.0394. The summed E-state index contributed by atoms with van der Waals surface area (Å²) in [6, 6.07) is 10.4. The second kappa shape index (κ2) is 7.95. The number of hydrogen-bond acceptors (Lipinski definition) is 7. The normalized spacial score (nSPS) is 12.0. The molecule has 138 valence electrons. The molecule has 0 spiro atoms. The van der Waals surface area contributed by atoms with Gasteiger partial charge in [0.25, 0.3) is 17.5 Å². The van der Waals surface area contributed by atoms with Crippen LogP contribution in [0.1, 0.15) is 15.9 Å². The Morgan fingerprint density at radius 2 is 1.89 bits per heavy atom. The fourth-order valence-electron chi connectivity index (χ4n) is 2.20.